The molecule has 2 rings (SSSR count). The largest absolute Gasteiger partial charge is 0.318 e. The minimum Gasteiger partial charge on any atom is -0.318 e. The van der Waals surface area contributed by atoms with Crippen LogP contribution in [0.2, 0.25) is 0 Å². The van der Waals surface area contributed by atoms with E-state index in [-0.39, 0.29) is 18.0 Å². The summed E-state index contributed by atoms with van der Waals surface area (Å²) in [4.78, 5) is 15.7. The zero-order valence-corrected chi connectivity index (χ0v) is 10.9. The van der Waals surface area contributed by atoms with Crippen LogP contribution in [0.5, 0.6) is 0 Å². The van der Waals surface area contributed by atoms with E-state index in [0.29, 0.717) is 13.1 Å². The minimum absolute atomic E-state index is 0. The number of rotatable bonds is 4. The van der Waals surface area contributed by atoms with Crippen molar-refractivity contribution < 1.29 is 0 Å². The highest BCUT2D eigenvalue weighted by Crippen LogP contribution is 2.17. The van der Waals surface area contributed by atoms with Gasteiger partial charge in [-0.25, -0.2) is 9.67 Å². The van der Waals surface area contributed by atoms with Gasteiger partial charge in [-0.15, -0.1) is 23.7 Å². The van der Waals surface area contributed by atoms with Crippen molar-refractivity contribution in [2.24, 2.45) is 0 Å². The highest BCUT2D eigenvalue weighted by atomic mass is 35.5. The van der Waals surface area contributed by atoms with Crippen molar-refractivity contribution in [2.75, 3.05) is 13.6 Å². The smallest absolute Gasteiger partial charge is 0.266 e. The molecular formula is C10H13ClN4OS. The van der Waals surface area contributed by atoms with Crippen molar-refractivity contribution in [1.29, 1.82) is 0 Å². The van der Waals surface area contributed by atoms with Gasteiger partial charge in [0.25, 0.3) is 5.56 Å². The van der Waals surface area contributed by atoms with Crippen LogP contribution in [0.15, 0.2) is 28.5 Å². The predicted molar refractivity (Wildman–Crippen MR) is 70.8 cm³/mol. The van der Waals surface area contributed by atoms with E-state index in [2.05, 4.69) is 15.4 Å². The van der Waals surface area contributed by atoms with Crippen molar-refractivity contribution in [3.63, 3.8) is 0 Å². The van der Waals surface area contributed by atoms with Crippen LogP contribution in [0.4, 0.5) is 0 Å². The number of nitrogens with zero attached hydrogens (tertiary/aromatic N) is 3. The van der Waals surface area contributed by atoms with Crippen LogP contribution in [0.25, 0.3) is 10.7 Å². The fourth-order valence-corrected chi connectivity index (χ4v) is 1.89. The van der Waals surface area contributed by atoms with Crippen molar-refractivity contribution >= 4 is 23.7 Å². The second-order valence-corrected chi connectivity index (χ2v) is 4.12. The molecule has 5 nitrogen and oxygen atoms in total. The molecule has 0 bridgehead atoms. The fourth-order valence-electron chi connectivity index (χ4n) is 1.29. The van der Waals surface area contributed by atoms with Gasteiger partial charge in [-0.2, -0.15) is 5.10 Å². The minimum atomic E-state index is -0.0874. The van der Waals surface area contributed by atoms with Gasteiger partial charge in [0.2, 0.25) is 0 Å². The molecule has 0 aliphatic carbocycles. The van der Waals surface area contributed by atoms with E-state index in [9.17, 15) is 4.79 Å². The van der Waals surface area contributed by atoms with E-state index in [4.69, 9.17) is 0 Å². The molecule has 17 heavy (non-hydrogen) atoms. The van der Waals surface area contributed by atoms with Gasteiger partial charge in [0.05, 0.1) is 6.54 Å². The summed E-state index contributed by atoms with van der Waals surface area (Å²) in [5.41, 5.74) is 0.654. The van der Waals surface area contributed by atoms with Crippen LogP contribution in [0.3, 0.4) is 0 Å². The SMILES string of the molecule is CNCCn1nc(-c2nccs2)ccc1=O.Cl. The lowest BCUT2D eigenvalue weighted by atomic mass is 10.4. The van der Waals surface area contributed by atoms with Gasteiger partial charge in [0, 0.05) is 24.2 Å². The Morgan fingerprint density at radius 2 is 2.29 bits per heavy atom. The molecule has 0 unspecified atom stereocenters. The second-order valence-electron chi connectivity index (χ2n) is 3.22. The van der Waals surface area contributed by atoms with Crippen LogP contribution in [-0.2, 0) is 6.54 Å². The van der Waals surface area contributed by atoms with Crippen molar-refractivity contribution in [3.8, 4) is 10.7 Å². The summed E-state index contributed by atoms with van der Waals surface area (Å²) in [5.74, 6) is 0. The summed E-state index contributed by atoms with van der Waals surface area (Å²) >= 11 is 1.51. The zero-order chi connectivity index (χ0) is 11.4. The van der Waals surface area contributed by atoms with E-state index in [1.54, 1.807) is 12.3 Å². The van der Waals surface area contributed by atoms with Crippen LogP contribution in [0.1, 0.15) is 0 Å². The molecule has 0 radical (unpaired) electrons. The molecule has 0 spiro atoms. The van der Waals surface area contributed by atoms with Gasteiger partial charge in [-0.1, -0.05) is 0 Å². The first-order valence-corrected chi connectivity index (χ1v) is 5.82. The maximum Gasteiger partial charge on any atom is 0.266 e. The Kier molecular flexibility index (Phi) is 5.27. The van der Waals surface area contributed by atoms with Crippen molar-refractivity contribution in [1.82, 2.24) is 20.1 Å². The van der Waals surface area contributed by atoms with E-state index in [1.165, 1.54) is 22.1 Å². The molecule has 0 saturated carbocycles. The Bertz CT molecular complexity index is 511. The molecule has 0 aliphatic rings. The first-order chi connectivity index (χ1) is 7.81. The number of aromatic nitrogens is 3. The number of thiazole rings is 1. The Hall–Kier alpha value is -1.24. The van der Waals surface area contributed by atoms with Crippen LogP contribution >= 0.6 is 23.7 Å². The Morgan fingerprint density at radius 3 is 2.94 bits per heavy atom. The molecule has 2 heterocycles. The summed E-state index contributed by atoms with van der Waals surface area (Å²) in [5, 5.41) is 9.97. The lowest BCUT2D eigenvalue weighted by Gasteiger charge is -2.04. The number of likely N-dealkylation sites (N-methyl/N-ethyl adjacent to an activating group) is 1. The monoisotopic (exact) mass is 272 g/mol. The fraction of sp³-hybridized carbons (Fsp3) is 0.300. The second kappa shape index (κ2) is 6.48. The molecular weight excluding hydrogens is 260 g/mol. The van der Waals surface area contributed by atoms with Crippen LogP contribution in [-0.4, -0.2) is 28.4 Å². The molecule has 92 valence electrons. The molecule has 2 aromatic rings. The maximum absolute atomic E-state index is 11.5. The third kappa shape index (κ3) is 3.36. The third-order valence-electron chi connectivity index (χ3n) is 2.09. The molecule has 1 N–H and O–H groups in total. The highest BCUT2D eigenvalue weighted by molar-refractivity contribution is 7.13. The number of halogens is 1. The molecule has 0 aromatic carbocycles. The lowest BCUT2D eigenvalue weighted by Crippen LogP contribution is -2.27. The topological polar surface area (TPSA) is 59.8 Å². The Morgan fingerprint density at radius 1 is 1.47 bits per heavy atom. The van der Waals surface area contributed by atoms with Gasteiger partial charge >= 0.3 is 0 Å². The van der Waals surface area contributed by atoms with E-state index in [1.807, 2.05) is 12.4 Å². The summed E-state index contributed by atoms with van der Waals surface area (Å²) in [6.07, 6.45) is 1.73. The predicted octanol–water partition coefficient (Wildman–Crippen LogP) is 1.01. The van der Waals surface area contributed by atoms with Crippen molar-refractivity contribution in [3.05, 3.63) is 34.1 Å². The van der Waals surface area contributed by atoms with Crippen LogP contribution < -0.4 is 10.9 Å². The quantitative estimate of drug-likeness (QED) is 0.902. The number of nitrogens with one attached hydrogen (secondary N) is 1. The van der Waals surface area contributed by atoms with E-state index >= 15 is 0 Å². The summed E-state index contributed by atoms with van der Waals surface area (Å²) in [6.45, 7) is 1.28. The van der Waals surface area contributed by atoms with Gasteiger partial charge in [0.15, 0.2) is 0 Å². The molecule has 0 fully saturated rings. The first-order valence-electron chi connectivity index (χ1n) is 4.94. The normalized spacial score (nSPS) is 9.94. The Balaban J connectivity index is 0.00000144. The van der Waals surface area contributed by atoms with Crippen LogP contribution in [0, 0.1) is 0 Å². The summed E-state index contributed by atoms with van der Waals surface area (Å²) in [7, 11) is 1.84. The molecule has 2 aromatic heterocycles. The van der Waals surface area contributed by atoms with Crippen molar-refractivity contribution in [2.45, 2.75) is 6.54 Å². The van der Waals surface area contributed by atoms with Gasteiger partial charge in [-0.05, 0) is 13.1 Å². The highest BCUT2D eigenvalue weighted by Gasteiger charge is 2.04. The number of hydrogen-bond donors (Lipinski definition) is 1. The van der Waals surface area contributed by atoms with Gasteiger partial charge in [-0.3, -0.25) is 4.79 Å². The average molecular weight is 273 g/mol. The molecule has 0 atom stereocenters. The number of hydrogen-bond acceptors (Lipinski definition) is 5. The summed E-state index contributed by atoms with van der Waals surface area (Å²) in [6, 6.07) is 3.23. The maximum atomic E-state index is 11.5. The van der Waals surface area contributed by atoms with Gasteiger partial charge in [0.1, 0.15) is 10.7 Å². The standard InChI is InChI=1S/C10H12N4OS.ClH/c1-11-4-6-14-9(15)3-2-8(13-14)10-12-5-7-16-10;/h2-3,5,7,11H,4,6H2,1H3;1H. The third-order valence-corrected chi connectivity index (χ3v) is 2.89. The molecule has 0 saturated heterocycles. The zero-order valence-electron chi connectivity index (χ0n) is 9.29. The average Bonchev–Trinajstić information content (AvgIpc) is 2.81. The molecule has 0 amide bonds. The summed E-state index contributed by atoms with van der Waals surface area (Å²) < 4.78 is 1.45. The lowest BCUT2D eigenvalue weighted by molar-refractivity contribution is 0.557. The molecule has 0 aliphatic heterocycles. The Labute approximate surface area is 109 Å². The van der Waals surface area contributed by atoms with E-state index < -0.39 is 0 Å². The molecule has 7 heteroatoms. The van der Waals surface area contributed by atoms with Gasteiger partial charge < -0.3 is 5.32 Å². The van der Waals surface area contributed by atoms with E-state index in [0.717, 1.165) is 10.7 Å². The first kappa shape index (κ1) is 13.8.